The SMILES string of the molecule is Clc1nc(Cc2c(Cl)cccc2Cl)cc(-c2ncc[nH]2)n1. The van der Waals surface area contributed by atoms with Crippen LogP contribution < -0.4 is 0 Å². The molecule has 0 saturated heterocycles. The molecule has 3 rings (SSSR count). The molecule has 0 unspecified atom stereocenters. The van der Waals surface area contributed by atoms with Crippen molar-refractivity contribution in [1.29, 1.82) is 0 Å². The topological polar surface area (TPSA) is 54.5 Å². The van der Waals surface area contributed by atoms with Crippen LogP contribution in [0.2, 0.25) is 15.3 Å². The number of nitrogens with one attached hydrogen (secondary N) is 1. The van der Waals surface area contributed by atoms with Gasteiger partial charge in [-0.2, -0.15) is 0 Å². The van der Waals surface area contributed by atoms with Crippen LogP contribution in [0.4, 0.5) is 0 Å². The van der Waals surface area contributed by atoms with Crippen LogP contribution in [0.15, 0.2) is 36.7 Å². The maximum absolute atomic E-state index is 6.18. The molecular formula is C14H9Cl3N4. The van der Waals surface area contributed by atoms with Gasteiger partial charge in [-0.15, -0.1) is 0 Å². The van der Waals surface area contributed by atoms with E-state index in [1.807, 2.05) is 6.07 Å². The Morgan fingerprint density at radius 2 is 1.81 bits per heavy atom. The van der Waals surface area contributed by atoms with E-state index >= 15 is 0 Å². The quantitative estimate of drug-likeness (QED) is 0.719. The van der Waals surface area contributed by atoms with Crippen molar-refractivity contribution in [2.24, 2.45) is 0 Å². The van der Waals surface area contributed by atoms with Gasteiger partial charge in [0.05, 0.1) is 5.69 Å². The average molecular weight is 340 g/mol. The number of hydrogen-bond acceptors (Lipinski definition) is 3. The lowest BCUT2D eigenvalue weighted by atomic mass is 10.1. The molecule has 0 radical (unpaired) electrons. The third kappa shape index (κ3) is 3.18. The summed E-state index contributed by atoms with van der Waals surface area (Å²) in [7, 11) is 0. The Kier molecular flexibility index (Phi) is 4.10. The number of halogens is 3. The van der Waals surface area contributed by atoms with Crippen molar-refractivity contribution in [3.8, 4) is 11.5 Å². The van der Waals surface area contributed by atoms with E-state index in [-0.39, 0.29) is 5.28 Å². The summed E-state index contributed by atoms with van der Waals surface area (Å²) in [6.07, 6.45) is 3.83. The number of nitrogens with zero attached hydrogens (tertiary/aromatic N) is 3. The fourth-order valence-corrected chi connectivity index (χ4v) is 2.70. The van der Waals surface area contributed by atoms with Crippen molar-refractivity contribution >= 4 is 34.8 Å². The highest BCUT2D eigenvalue weighted by molar-refractivity contribution is 6.36. The van der Waals surface area contributed by atoms with Crippen LogP contribution in [-0.4, -0.2) is 19.9 Å². The Morgan fingerprint density at radius 1 is 1.05 bits per heavy atom. The van der Waals surface area contributed by atoms with Crippen LogP contribution in [0.5, 0.6) is 0 Å². The molecular weight excluding hydrogens is 331 g/mol. The number of rotatable bonds is 3. The summed E-state index contributed by atoms with van der Waals surface area (Å²) >= 11 is 18.3. The molecule has 106 valence electrons. The van der Waals surface area contributed by atoms with Crippen LogP contribution in [-0.2, 0) is 6.42 Å². The first-order valence-corrected chi connectivity index (χ1v) is 7.23. The van der Waals surface area contributed by atoms with Gasteiger partial charge in [0, 0.05) is 28.9 Å². The van der Waals surface area contributed by atoms with Gasteiger partial charge in [-0.3, -0.25) is 0 Å². The van der Waals surface area contributed by atoms with Gasteiger partial charge in [-0.05, 0) is 35.4 Å². The molecule has 2 heterocycles. The van der Waals surface area contributed by atoms with Crippen molar-refractivity contribution in [1.82, 2.24) is 19.9 Å². The molecule has 0 bridgehead atoms. The first-order valence-electron chi connectivity index (χ1n) is 6.09. The Labute approximate surface area is 136 Å². The highest BCUT2D eigenvalue weighted by atomic mass is 35.5. The van der Waals surface area contributed by atoms with Gasteiger partial charge in [0.15, 0.2) is 5.82 Å². The monoisotopic (exact) mass is 338 g/mol. The number of aromatic amines is 1. The minimum absolute atomic E-state index is 0.155. The fourth-order valence-electron chi connectivity index (χ4n) is 1.96. The smallest absolute Gasteiger partial charge is 0.223 e. The van der Waals surface area contributed by atoms with Gasteiger partial charge in [-0.1, -0.05) is 29.3 Å². The molecule has 1 N–H and O–H groups in total. The van der Waals surface area contributed by atoms with E-state index in [0.717, 1.165) is 11.3 Å². The summed E-state index contributed by atoms with van der Waals surface area (Å²) in [4.78, 5) is 15.5. The zero-order valence-electron chi connectivity index (χ0n) is 10.6. The minimum Gasteiger partial charge on any atom is -0.343 e. The van der Waals surface area contributed by atoms with Gasteiger partial charge in [0.1, 0.15) is 5.69 Å². The molecule has 0 aliphatic rings. The maximum Gasteiger partial charge on any atom is 0.223 e. The van der Waals surface area contributed by atoms with E-state index < -0.39 is 0 Å². The van der Waals surface area contributed by atoms with Crippen LogP contribution in [0.1, 0.15) is 11.3 Å². The van der Waals surface area contributed by atoms with Crippen molar-refractivity contribution in [3.05, 3.63) is 63.2 Å². The van der Waals surface area contributed by atoms with Gasteiger partial charge >= 0.3 is 0 Å². The first-order chi connectivity index (χ1) is 10.1. The summed E-state index contributed by atoms with van der Waals surface area (Å²) in [5.41, 5.74) is 2.15. The van der Waals surface area contributed by atoms with Gasteiger partial charge in [-0.25, -0.2) is 15.0 Å². The first kappa shape index (κ1) is 14.3. The van der Waals surface area contributed by atoms with Crippen LogP contribution in [0, 0.1) is 0 Å². The molecule has 0 saturated carbocycles. The molecule has 0 amide bonds. The number of hydrogen-bond donors (Lipinski definition) is 1. The van der Waals surface area contributed by atoms with E-state index in [1.165, 1.54) is 0 Å². The van der Waals surface area contributed by atoms with E-state index in [0.29, 0.717) is 28.0 Å². The van der Waals surface area contributed by atoms with E-state index in [2.05, 4.69) is 19.9 Å². The molecule has 21 heavy (non-hydrogen) atoms. The minimum atomic E-state index is 0.155. The molecule has 4 nitrogen and oxygen atoms in total. The lowest BCUT2D eigenvalue weighted by Gasteiger charge is -2.07. The number of imidazole rings is 1. The molecule has 1 aromatic carbocycles. The molecule has 0 spiro atoms. The van der Waals surface area contributed by atoms with E-state index in [1.54, 1.807) is 30.6 Å². The standard InChI is InChI=1S/C14H9Cl3N4/c15-10-2-1-3-11(16)9(10)6-8-7-12(21-14(17)20-8)13-18-4-5-19-13/h1-5,7H,6H2,(H,18,19). The zero-order valence-corrected chi connectivity index (χ0v) is 12.9. The third-order valence-corrected chi connectivity index (χ3v) is 3.79. The summed E-state index contributed by atoms with van der Waals surface area (Å²) < 4.78 is 0. The predicted molar refractivity (Wildman–Crippen MR) is 83.9 cm³/mol. The molecule has 0 aliphatic carbocycles. The molecule has 2 aromatic heterocycles. The van der Waals surface area contributed by atoms with Crippen molar-refractivity contribution in [2.45, 2.75) is 6.42 Å². The number of aromatic nitrogens is 4. The highest BCUT2D eigenvalue weighted by Crippen LogP contribution is 2.27. The van der Waals surface area contributed by atoms with E-state index in [4.69, 9.17) is 34.8 Å². The Bertz CT molecular complexity index is 752. The maximum atomic E-state index is 6.18. The van der Waals surface area contributed by atoms with Gasteiger partial charge in [0.25, 0.3) is 0 Å². The Hall–Kier alpha value is -1.62. The van der Waals surface area contributed by atoms with Gasteiger partial charge in [0.2, 0.25) is 5.28 Å². The second kappa shape index (κ2) is 6.02. The van der Waals surface area contributed by atoms with Gasteiger partial charge < -0.3 is 4.98 Å². The lowest BCUT2D eigenvalue weighted by molar-refractivity contribution is 1.02. The third-order valence-electron chi connectivity index (χ3n) is 2.91. The molecule has 3 aromatic rings. The average Bonchev–Trinajstić information content (AvgIpc) is 2.97. The molecule has 0 fully saturated rings. The molecule has 0 aliphatic heterocycles. The largest absolute Gasteiger partial charge is 0.343 e. The predicted octanol–water partition coefficient (Wildman–Crippen LogP) is 4.42. The molecule has 7 heteroatoms. The normalized spacial score (nSPS) is 10.8. The summed E-state index contributed by atoms with van der Waals surface area (Å²) in [6, 6.07) is 7.19. The summed E-state index contributed by atoms with van der Waals surface area (Å²) in [6.45, 7) is 0. The lowest BCUT2D eigenvalue weighted by Crippen LogP contribution is -1.98. The highest BCUT2D eigenvalue weighted by Gasteiger charge is 2.11. The second-order valence-electron chi connectivity index (χ2n) is 4.33. The Morgan fingerprint density at radius 3 is 2.48 bits per heavy atom. The van der Waals surface area contributed by atoms with Crippen LogP contribution in [0.3, 0.4) is 0 Å². The molecule has 0 atom stereocenters. The van der Waals surface area contributed by atoms with E-state index in [9.17, 15) is 0 Å². The number of benzene rings is 1. The Balaban J connectivity index is 2.00. The number of H-pyrrole nitrogens is 1. The summed E-state index contributed by atoms with van der Waals surface area (Å²) in [5.74, 6) is 0.630. The van der Waals surface area contributed by atoms with Crippen molar-refractivity contribution < 1.29 is 0 Å². The fraction of sp³-hybridized carbons (Fsp3) is 0.0714. The van der Waals surface area contributed by atoms with Crippen molar-refractivity contribution in [2.75, 3.05) is 0 Å². The second-order valence-corrected chi connectivity index (χ2v) is 5.48. The van der Waals surface area contributed by atoms with Crippen LogP contribution in [0.25, 0.3) is 11.5 Å². The summed E-state index contributed by atoms with van der Waals surface area (Å²) in [5, 5.41) is 1.34. The van der Waals surface area contributed by atoms with Crippen LogP contribution >= 0.6 is 34.8 Å². The van der Waals surface area contributed by atoms with Crippen molar-refractivity contribution in [3.63, 3.8) is 0 Å². The zero-order chi connectivity index (χ0) is 14.8.